The largest absolute Gasteiger partial charge is 0.504 e. The normalized spacial score (nSPS) is 16.0. The first-order chi connectivity index (χ1) is 10.5. The second kappa shape index (κ2) is 6.47. The molecule has 1 aromatic rings. The summed E-state index contributed by atoms with van der Waals surface area (Å²) >= 11 is 0. The fraction of sp³-hybridized carbons (Fsp3) is 0.294. The first kappa shape index (κ1) is 15.8. The van der Waals surface area contributed by atoms with Crippen molar-refractivity contribution in [3.05, 3.63) is 47.2 Å². The van der Waals surface area contributed by atoms with Crippen molar-refractivity contribution in [2.24, 2.45) is 5.92 Å². The Balaban J connectivity index is 2.16. The van der Waals surface area contributed by atoms with Gasteiger partial charge in [0.1, 0.15) is 0 Å². The summed E-state index contributed by atoms with van der Waals surface area (Å²) < 4.78 is 9.86. The number of ether oxygens (including phenoxy) is 2. The molecule has 0 aromatic heterocycles. The van der Waals surface area contributed by atoms with Crippen molar-refractivity contribution < 1.29 is 24.2 Å². The highest BCUT2D eigenvalue weighted by atomic mass is 16.5. The summed E-state index contributed by atoms with van der Waals surface area (Å²) in [5.74, 6) is -0.175. The lowest BCUT2D eigenvalue weighted by Crippen LogP contribution is -2.19. The van der Waals surface area contributed by atoms with Gasteiger partial charge < -0.3 is 14.6 Å². The van der Waals surface area contributed by atoms with E-state index >= 15 is 0 Å². The van der Waals surface area contributed by atoms with E-state index in [2.05, 4.69) is 0 Å². The number of phenols is 1. The van der Waals surface area contributed by atoms with Gasteiger partial charge in [0.15, 0.2) is 23.0 Å². The van der Waals surface area contributed by atoms with Gasteiger partial charge in [-0.2, -0.15) is 0 Å². The van der Waals surface area contributed by atoms with E-state index in [0.717, 1.165) is 5.56 Å². The molecule has 1 atom stereocenters. The van der Waals surface area contributed by atoms with Crippen LogP contribution in [0.5, 0.6) is 11.5 Å². The Morgan fingerprint density at radius 2 is 1.82 bits per heavy atom. The molecule has 1 N–H and O–H groups in total. The van der Waals surface area contributed by atoms with Crippen LogP contribution >= 0.6 is 0 Å². The number of ketones is 2. The van der Waals surface area contributed by atoms with Gasteiger partial charge in [0, 0.05) is 11.6 Å². The van der Waals surface area contributed by atoms with Crippen LogP contribution in [0.15, 0.2) is 41.7 Å². The third kappa shape index (κ3) is 3.19. The molecule has 1 aliphatic carbocycles. The zero-order valence-corrected chi connectivity index (χ0v) is 12.8. The number of carbonyl (C=O) groups excluding carboxylic acids is 2. The Morgan fingerprint density at radius 1 is 1.09 bits per heavy atom. The first-order valence-corrected chi connectivity index (χ1v) is 6.88. The summed E-state index contributed by atoms with van der Waals surface area (Å²) in [5, 5.41) is 9.79. The van der Waals surface area contributed by atoms with E-state index in [0.29, 0.717) is 17.7 Å². The van der Waals surface area contributed by atoms with Gasteiger partial charge in [0.05, 0.1) is 14.2 Å². The fourth-order valence-corrected chi connectivity index (χ4v) is 2.43. The summed E-state index contributed by atoms with van der Waals surface area (Å²) in [4.78, 5) is 23.9. The average Bonchev–Trinajstić information content (AvgIpc) is 2.49. The predicted octanol–water partition coefficient (Wildman–Crippen LogP) is 2.19. The van der Waals surface area contributed by atoms with E-state index in [1.807, 2.05) is 13.0 Å². The number of rotatable bonds is 5. The molecular formula is C17H18O5. The Kier molecular flexibility index (Phi) is 4.65. The molecular weight excluding hydrogens is 284 g/mol. The van der Waals surface area contributed by atoms with Crippen molar-refractivity contribution in [1.82, 2.24) is 0 Å². The first-order valence-electron chi connectivity index (χ1n) is 6.88. The van der Waals surface area contributed by atoms with Crippen molar-refractivity contribution in [2.75, 3.05) is 14.2 Å². The number of phenolic OH excluding ortho intramolecular Hbond substituents is 1. The molecule has 0 amide bonds. The number of carbonyl (C=O) groups is 2. The maximum Gasteiger partial charge on any atom is 0.220 e. The second-order valence-corrected chi connectivity index (χ2v) is 5.15. The van der Waals surface area contributed by atoms with E-state index in [1.54, 1.807) is 12.1 Å². The highest BCUT2D eigenvalue weighted by Gasteiger charge is 2.24. The molecule has 116 valence electrons. The molecule has 0 saturated heterocycles. The van der Waals surface area contributed by atoms with E-state index < -0.39 is 0 Å². The van der Waals surface area contributed by atoms with Gasteiger partial charge in [-0.15, -0.1) is 0 Å². The van der Waals surface area contributed by atoms with Gasteiger partial charge in [0.2, 0.25) is 5.78 Å². The Labute approximate surface area is 128 Å². The quantitative estimate of drug-likeness (QED) is 0.844. The molecule has 0 heterocycles. The summed E-state index contributed by atoms with van der Waals surface area (Å²) in [6, 6.07) is 5.09. The lowest BCUT2D eigenvalue weighted by molar-refractivity contribution is -0.117. The van der Waals surface area contributed by atoms with E-state index in [4.69, 9.17) is 9.47 Å². The van der Waals surface area contributed by atoms with Crippen LogP contribution in [-0.4, -0.2) is 30.9 Å². The highest BCUT2D eigenvalue weighted by molar-refractivity contribution is 6.19. The lowest BCUT2D eigenvalue weighted by atomic mass is 9.87. The maximum atomic E-state index is 12.1. The molecule has 2 rings (SSSR count). The van der Waals surface area contributed by atoms with Crippen molar-refractivity contribution in [2.45, 2.75) is 13.3 Å². The SMILES string of the molecule is COC1=CC(=O)C([C@@H](C)Cc2ccc(OC)c(O)c2)=CC1=O. The van der Waals surface area contributed by atoms with Crippen LogP contribution in [0.1, 0.15) is 12.5 Å². The minimum Gasteiger partial charge on any atom is -0.504 e. The molecule has 0 bridgehead atoms. The summed E-state index contributed by atoms with van der Waals surface area (Å²) in [6.07, 6.45) is 3.08. The number of hydrogen-bond donors (Lipinski definition) is 1. The maximum absolute atomic E-state index is 12.1. The molecule has 1 aromatic carbocycles. The van der Waals surface area contributed by atoms with E-state index in [-0.39, 0.29) is 29.0 Å². The minimum atomic E-state index is -0.304. The third-order valence-electron chi connectivity index (χ3n) is 3.61. The Hall–Kier alpha value is -2.56. The van der Waals surface area contributed by atoms with Crippen LogP contribution in [0.2, 0.25) is 0 Å². The second-order valence-electron chi connectivity index (χ2n) is 5.15. The van der Waals surface area contributed by atoms with Crippen LogP contribution in [0.3, 0.4) is 0 Å². The van der Waals surface area contributed by atoms with E-state index in [9.17, 15) is 14.7 Å². The molecule has 1 aliphatic rings. The summed E-state index contributed by atoms with van der Waals surface area (Å²) in [7, 11) is 2.84. The van der Waals surface area contributed by atoms with Crippen molar-refractivity contribution in [3.8, 4) is 11.5 Å². The number of methoxy groups -OCH3 is 2. The zero-order valence-electron chi connectivity index (χ0n) is 12.8. The Morgan fingerprint density at radius 3 is 2.41 bits per heavy atom. The number of benzene rings is 1. The standard InChI is InChI=1S/C17H18O5/c1-10(6-11-4-5-16(21-2)14(19)7-11)12-8-15(20)17(22-3)9-13(12)18/h4-5,7-10,19H,6H2,1-3H3/t10-/m0/s1. The lowest BCUT2D eigenvalue weighted by Gasteiger charge is -2.17. The minimum absolute atomic E-state index is 0.0498. The van der Waals surface area contributed by atoms with Gasteiger partial charge in [-0.25, -0.2) is 0 Å². The van der Waals surface area contributed by atoms with Gasteiger partial charge in [-0.3, -0.25) is 9.59 Å². The van der Waals surface area contributed by atoms with Crippen LogP contribution < -0.4 is 4.74 Å². The Bertz CT molecular complexity index is 670. The van der Waals surface area contributed by atoms with Gasteiger partial charge >= 0.3 is 0 Å². The molecule has 0 unspecified atom stereocenters. The highest BCUT2D eigenvalue weighted by Crippen LogP contribution is 2.29. The summed E-state index contributed by atoms with van der Waals surface area (Å²) in [5.41, 5.74) is 1.30. The van der Waals surface area contributed by atoms with Crippen LogP contribution in [0.25, 0.3) is 0 Å². The fourth-order valence-electron chi connectivity index (χ4n) is 2.43. The van der Waals surface area contributed by atoms with Crippen LogP contribution in [0.4, 0.5) is 0 Å². The van der Waals surface area contributed by atoms with Crippen LogP contribution in [0, 0.1) is 5.92 Å². The smallest absolute Gasteiger partial charge is 0.220 e. The topological polar surface area (TPSA) is 72.8 Å². The predicted molar refractivity (Wildman–Crippen MR) is 80.7 cm³/mol. The van der Waals surface area contributed by atoms with Gasteiger partial charge in [-0.05, 0) is 36.1 Å². The molecule has 0 fully saturated rings. The van der Waals surface area contributed by atoms with Crippen molar-refractivity contribution >= 4 is 11.6 Å². The molecule has 0 saturated carbocycles. The van der Waals surface area contributed by atoms with E-state index in [1.165, 1.54) is 26.4 Å². The van der Waals surface area contributed by atoms with Crippen molar-refractivity contribution in [3.63, 3.8) is 0 Å². The zero-order chi connectivity index (χ0) is 16.3. The number of allylic oxidation sites excluding steroid dienone is 3. The van der Waals surface area contributed by atoms with Gasteiger partial charge in [-0.1, -0.05) is 13.0 Å². The molecule has 0 radical (unpaired) electrons. The molecule has 5 nitrogen and oxygen atoms in total. The molecule has 0 aliphatic heterocycles. The molecule has 5 heteroatoms. The number of aromatic hydroxyl groups is 1. The monoisotopic (exact) mass is 302 g/mol. The van der Waals surface area contributed by atoms with Crippen molar-refractivity contribution in [1.29, 1.82) is 0 Å². The molecule has 0 spiro atoms. The van der Waals surface area contributed by atoms with Crippen LogP contribution in [-0.2, 0) is 20.7 Å². The average molecular weight is 302 g/mol. The van der Waals surface area contributed by atoms with Gasteiger partial charge in [0.25, 0.3) is 0 Å². The molecule has 22 heavy (non-hydrogen) atoms. The third-order valence-corrected chi connectivity index (χ3v) is 3.61. The number of hydrogen-bond acceptors (Lipinski definition) is 5. The summed E-state index contributed by atoms with van der Waals surface area (Å²) in [6.45, 7) is 1.87.